The molecule has 1 amide bonds. The van der Waals surface area contributed by atoms with Crippen LogP contribution in [-0.2, 0) is 0 Å². The van der Waals surface area contributed by atoms with Crippen LogP contribution in [0.3, 0.4) is 0 Å². The van der Waals surface area contributed by atoms with Crippen molar-refractivity contribution in [3.8, 4) is 6.07 Å². The van der Waals surface area contributed by atoms with Gasteiger partial charge in [0, 0.05) is 0 Å². The van der Waals surface area contributed by atoms with Gasteiger partial charge in [0.1, 0.15) is 11.4 Å². The lowest BCUT2D eigenvalue weighted by molar-refractivity contribution is 0.0916. The third kappa shape index (κ3) is 2.21. The van der Waals surface area contributed by atoms with Gasteiger partial charge < -0.3 is 5.32 Å². The SMILES string of the molecule is Cc1cccc(C(=O)NC2(C#N)CCCC2)c1F. The molecule has 18 heavy (non-hydrogen) atoms. The number of nitrogens with one attached hydrogen (secondary N) is 1. The van der Waals surface area contributed by atoms with E-state index in [2.05, 4.69) is 11.4 Å². The standard InChI is InChI=1S/C14H15FN2O/c1-10-5-4-6-11(12(10)15)13(18)17-14(9-16)7-2-3-8-14/h4-6H,2-3,7-8H2,1H3,(H,17,18). The highest BCUT2D eigenvalue weighted by Crippen LogP contribution is 2.29. The highest BCUT2D eigenvalue weighted by atomic mass is 19.1. The van der Waals surface area contributed by atoms with Crippen molar-refractivity contribution < 1.29 is 9.18 Å². The minimum absolute atomic E-state index is 0.0107. The molecule has 0 aromatic heterocycles. The summed E-state index contributed by atoms with van der Waals surface area (Å²) in [6.45, 7) is 1.61. The van der Waals surface area contributed by atoms with Crippen molar-refractivity contribution in [3.63, 3.8) is 0 Å². The van der Waals surface area contributed by atoms with Crippen molar-refractivity contribution in [1.29, 1.82) is 5.26 Å². The molecular weight excluding hydrogens is 231 g/mol. The number of carbonyl (C=O) groups excluding carboxylic acids is 1. The first-order valence-electron chi connectivity index (χ1n) is 6.07. The zero-order chi connectivity index (χ0) is 13.2. The number of carbonyl (C=O) groups is 1. The van der Waals surface area contributed by atoms with Crippen LogP contribution in [-0.4, -0.2) is 11.4 Å². The van der Waals surface area contributed by atoms with Gasteiger partial charge in [-0.15, -0.1) is 0 Å². The Kier molecular flexibility index (Phi) is 3.33. The van der Waals surface area contributed by atoms with Gasteiger partial charge in [-0.1, -0.05) is 12.1 Å². The van der Waals surface area contributed by atoms with E-state index in [1.54, 1.807) is 19.1 Å². The quantitative estimate of drug-likeness (QED) is 0.872. The first-order valence-corrected chi connectivity index (χ1v) is 6.07. The molecule has 1 fully saturated rings. The molecule has 3 nitrogen and oxygen atoms in total. The number of halogens is 1. The average Bonchev–Trinajstić information content (AvgIpc) is 2.81. The lowest BCUT2D eigenvalue weighted by atomic mass is 9.99. The second kappa shape index (κ2) is 4.77. The van der Waals surface area contributed by atoms with E-state index in [1.165, 1.54) is 6.07 Å². The van der Waals surface area contributed by atoms with E-state index in [0.29, 0.717) is 18.4 Å². The molecule has 0 heterocycles. The van der Waals surface area contributed by atoms with Crippen LogP contribution in [0, 0.1) is 24.1 Å². The molecule has 1 aromatic rings. The first kappa shape index (κ1) is 12.6. The van der Waals surface area contributed by atoms with Crippen LogP contribution in [0.4, 0.5) is 4.39 Å². The number of hydrogen-bond donors (Lipinski definition) is 1. The zero-order valence-electron chi connectivity index (χ0n) is 10.3. The van der Waals surface area contributed by atoms with E-state index in [1.807, 2.05) is 0 Å². The maximum absolute atomic E-state index is 13.8. The second-order valence-electron chi connectivity index (χ2n) is 4.79. The molecule has 94 valence electrons. The Morgan fingerprint density at radius 3 is 2.72 bits per heavy atom. The molecule has 1 aliphatic rings. The van der Waals surface area contributed by atoms with Crippen molar-refractivity contribution in [2.45, 2.75) is 38.1 Å². The summed E-state index contributed by atoms with van der Waals surface area (Å²) in [5.74, 6) is -1.01. The molecule has 0 atom stereocenters. The summed E-state index contributed by atoms with van der Waals surface area (Å²) in [4.78, 5) is 12.0. The Labute approximate surface area is 106 Å². The third-order valence-corrected chi connectivity index (χ3v) is 3.46. The maximum Gasteiger partial charge on any atom is 0.255 e. The van der Waals surface area contributed by atoms with Crippen molar-refractivity contribution in [2.24, 2.45) is 0 Å². The molecule has 2 rings (SSSR count). The molecule has 0 unspecified atom stereocenters. The average molecular weight is 246 g/mol. The minimum atomic E-state index is -0.812. The Balaban J connectivity index is 2.22. The van der Waals surface area contributed by atoms with Crippen molar-refractivity contribution in [2.75, 3.05) is 0 Å². The van der Waals surface area contributed by atoms with Crippen LogP contribution < -0.4 is 5.32 Å². The molecular formula is C14H15FN2O. The largest absolute Gasteiger partial charge is 0.334 e. The van der Waals surface area contributed by atoms with Crippen molar-refractivity contribution in [1.82, 2.24) is 5.32 Å². The van der Waals surface area contributed by atoms with Gasteiger partial charge in [-0.3, -0.25) is 4.79 Å². The van der Waals surface area contributed by atoms with E-state index in [0.717, 1.165) is 12.8 Å². The Morgan fingerprint density at radius 1 is 1.44 bits per heavy atom. The number of nitrogens with zero attached hydrogens (tertiary/aromatic N) is 1. The van der Waals surface area contributed by atoms with Gasteiger partial charge in [0.15, 0.2) is 0 Å². The van der Waals surface area contributed by atoms with Gasteiger partial charge >= 0.3 is 0 Å². The van der Waals surface area contributed by atoms with Crippen molar-refractivity contribution in [3.05, 3.63) is 35.1 Å². The highest BCUT2D eigenvalue weighted by molar-refractivity contribution is 5.95. The van der Waals surface area contributed by atoms with Crippen molar-refractivity contribution >= 4 is 5.91 Å². The number of aryl methyl sites for hydroxylation is 1. The summed E-state index contributed by atoms with van der Waals surface area (Å²) in [5, 5.41) is 11.9. The number of nitriles is 1. The predicted molar refractivity (Wildman–Crippen MR) is 65.4 cm³/mol. The monoisotopic (exact) mass is 246 g/mol. The van der Waals surface area contributed by atoms with E-state index >= 15 is 0 Å². The molecule has 0 aliphatic heterocycles. The van der Waals surface area contributed by atoms with Gasteiger partial charge in [0.05, 0.1) is 11.6 Å². The molecule has 0 bridgehead atoms. The van der Waals surface area contributed by atoms with E-state index in [4.69, 9.17) is 0 Å². The third-order valence-electron chi connectivity index (χ3n) is 3.46. The molecule has 1 aliphatic carbocycles. The summed E-state index contributed by atoms with van der Waals surface area (Å²) in [7, 11) is 0. The van der Waals surface area contributed by atoms with Gasteiger partial charge in [0.25, 0.3) is 5.91 Å². The Morgan fingerprint density at radius 2 is 2.11 bits per heavy atom. The number of amides is 1. The van der Waals surface area contributed by atoms with Gasteiger partial charge in [0.2, 0.25) is 0 Å². The maximum atomic E-state index is 13.8. The Bertz CT molecular complexity index is 513. The number of hydrogen-bond acceptors (Lipinski definition) is 2. The van der Waals surface area contributed by atoms with E-state index in [9.17, 15) is 14.4 Å². The fourth-order valence-corrected chi connectivity index (χ4v) is 2.35. The second-order valence-corrected chi connectivity index (χ2v) is 4.79. The molecule has 0 radical (unpaired) electrons. The molecule has 0 saturated heterocycles. The summed E-state index contributed by atoms with van der Waals surface area (Å²) in [5.41, 5.74) is -0.371. The summed E-state index contributed by atoms with van der Waals surface area (Å²) < 4.78 is 13.8. The van der Waals surface area contributed by atoms with Gasteiger partial charge in [-0.05, 0) is 44.2 Å². The lowest BCUT2D eigenvalue weighted by Gasteiger charge is -2.22. The number of benzene rings is 1. The molecule has 1 N–H and O–H groups in total. The van der Waals surface area contributed by atoms with E-state index in [-0.39, 0.29) is 5.56 Å². The predicted octanol–water partition coefficient (Wildman–Crippen LogP) is 2.70. The zero-order valence-corrected chi connectivity index (χ0v) is 10.3. The van der Waals surface area contributed by atoms with Gasteiger partial charge in [-0.2, -0.15) is 5.26 Å². The van der Waals surface area contributed by atoms with Gasteiger partial charge in [-0.25, -0.2) is 4.39 Å². The summed E-state index contributed by atoms with van der Waals surface area (Å²) >= 11 is 0. The fraction of sp³-hybridized carbons (Fsp3) is 0.429. The van der Waals surface area contributed by atoms with Crippen LogP contribution in [0.25, 0.3) is 0 Å². The molecule has 1 saturated carbocycles. The summed E-state index contributed by atoms with van der Waals surface area (Å²) in [6, 6.07) is 6.85. The molecule has 4 heteroatoms. The van der Waals surface area contributed by atoms with Crippen LogP contribution in [0.1, 0.15) is 41.6 Å². The summed E-state index contributed by atoms with van der Waals surface area (Å²) in [6.07, 6.45) is 3.12. The van der Waals surface area contributed by atoms with Crippen LogP contribution in [0.2, 0.25) is 0 Å². The highest BCUT2D eigenvalue weighted by Gasteiger charge is 2.36. The van der Waals surface area contributed by atoms with E-state index < -0.39 is 17.3 Å². The van der Waals surface area contributed by atoms with Crippen LogP contribution in [0.15, 0.2) is 18.2 Å². The topological polar surface area (TPSA) is 52.9 Å². The molecule has 1 aromatic carbocycles. The normalized spacial score (nSPS) is 17.2. The Hall–Kier alpha value is -1.89. The fourth-order valence-electron chi connectivity index (χ4n) is 2.35. The lowest BCUT2D eigenvalue weighted by Crippen LogP contribution is -2.45. The van der Waals surface area contributed by atoms with Crippen LogP contribution >= 0.6 is 0 Å². The minimum Gasteiger partial charge on any atom is -0.334 e. The first-order chi connectivity index (χ1) is 8.58. The van der Waals surface area contributed by atoms with Crippen LogP contribution in [0.5, 0.6) is 0 Å². The molecule has 0 spiro atoms. The smallest absolute Gasteiger partial charge is 0.255 e. The number of rotatable bonds is 2.